The number of rotatable bonds is 3. The van der Waals surface area contributed by atoms with Gasteiger partial charge in [0.05, 0.1) is 17.9 Å². The van der Waals surface area contributed by atoms with E-state index in [0.29, 0.717) is 17.9 Å². The largest absolute Gasteiger partial charge is 0.384 e. The third kappa shape index (κ3) is 2.70. The molecule has 1 rings (SSSR count). The van der Waals surface area contributed by atoms with Crippen LogP contribution in [0.3, 0.4) is 0 Å². The number of pyridine rings is 1. The molecule has 1 aromatic heterocycles. The zero-order valence-electron chi connectivity index (χ0n) is 8.03. The molecule has 0 fully saturated rings. The van der Waals surface area contributed by atoms with Crippen molar-refractivity contribution in [2.75, 3.05) is 11.1 Å². The van der Waals surface area contributed by atoms with Crippen molar-refractivity contribution in [3.63, 3.8) is 0 Å². The molecule has 0 aliphatic heterocycles. The van der Waals surface area contributed by atoms with E-state index in [1.807, 2.05) is 6.92 Å². The van der Waals surface area contributed by atoms with Crippen molar-refractivity contribution in [2.24, 2.45) is 5.73 Å². The normalized spacial score (nSPS) is 12.1. The van der Waals surface area contributed by atoms with Crippen LogP contribution in [-0.2, 0) is 4.79 Å². The summed E-state index contributed by atoms with van der Waals surface area (Å²) in [4.78, 5) is 15.2. The first-order valence-electron chi connectivity index (χ1n) is 4.41. The van der Waals surface area contributed by atoms with Gasteiger partial charge < -0.3 is 16.8 Å². The zero-order chi connectivity index (χ0) is 10.6. The summed E-state index contributed by atoms with van der Waals surface area (Å²) < 4.78 is 0. The second-order valence-electron chi connectivity index (χ2n) is 2.98. The summed E-state index contributed by atoms with van der Waals surface area (Å²) in [6.45, 7) is 1.85. The lowest BCUT2D eigenvalue weighted by atomic mass is 10.2. The van der Waals surface area contributed by atoms with Gasteiger partial charge in [0.1, 0.15) is 5.82 Å². The smallest absolute Gasteiger partial charge is 0.241 e. The molecule has 5 heteroatoms. The van der Waals surface area contributed by atoms with Gasteiger partial charge in [-0.1, -0.05) is 6.92 Å². The van der Waals surface area contributed by atoms with Crippen molar-refractivity contribution in [3.8, 4) is 0 Å². The number of hydrogen-bond donors (Lipinski definition) is 3. The third-order valence-electron chi connectivity index (χ3n) is 1.83. The molecule has 0 radical (unpaired) electrons. The second-order valence-corrected chi connectivity index (χ2v) is 2.98. The Labute approximate surface area is 82.5 Å². The minimum absolute atomic E-state index is 0.209. The molecule has 1 aromatic rings. The average Bonchev–Trinajstić information content (AvgIpc) is 2.20. The Kier molecular flexibility index (Phi) is 3.41. The van der Waals surface area contributed by atoms with E-state index in [1.165, 1.54) is 6.20 Å². The summed E-state index contributed by atoms with van der Waals surface area (Å²) in [6, 6.07) is 2.82. The zero-order valence-corrected chi connectivity index (χ0v) is 8.03. The van der Waals surface area contributed by atoms with Crippen LogP contribution in [0, 0.1) is 0 Å². The van der Waals surface area contributed by atoms with E-state index >= 15 is 0 Å². The van der Waals surface area contributed by atoms with Crippen LogP contribution < -0.4 is 16.8 Å². The topological polar surface area (TPSA) is 94.0 Å². The van der Waals surface area contributed by atoms with Gasteiger partial charge in [0, 0.05) is 0 Å². The minimum atomic E-state index is -0.479. The summed E-state index contributed by atoms with van der Waals surface area (Å²) in [6.07, 6.45) is 2.10. The van der Waals surface area contributed by atoms with E-state index in [-0.39, 0.29) is 5.91 Å². The van der Waals surface area contributed by atoms with Crippen molar-refractivity contribution in [1.29, 1.82) is 0 Å². The van der Waals surface area contributed by atoms with Crippen LogP contribution in [0.5, 0.6) is 0 Å². The molecule has 1 heterocycles. The Bertz CT molecular complexity index is 309. The molecular weight excluding hydrogens is 180 g/mol. The highest BCUT2D eigenvalue weighted by molar-refractivity contribution is 5.94. The number of hydrogen-bond acceptors (Lipinski definition) is 4. The molecule has 0 aromatic carbocycles. The van der Waals surface area contributed by atoms with Crippen molar-refractivity contribution >= 4 is 17.4 Å². The van der Waals surface area contributed by atoms with Gasteiger partial charge in [-0.05, 0) is 18.6 Å². The lowest BCUT2D eigenvalue weighted by Crippen LogP contribution is -2.34. The molecule has 5 N–H and O–H groups in total. The van der Waals surface area contributed by atoms with Crippen LogP contribution >= 0.6 is 0 Å². The van der Waals surface area contributed by atoms with Gasteiger partial charge in [0.2, 0.25) is 5.91 Å². The van der Waals surface area contributed by atoms with Crippen LogP contribution in [0.25, 0.3) is 0 Å². The number of anilines is 2. The van der Waals surface area contributed by atoms with E-state index in [4.69, 9.17) is 11.5 Å². The SMILES string of the molecule is CC[C@H](N)C(=O)Nc1ccc(N)nc1. The summed E-state index contributed by atoms with van der Waals surface area (Å²) in [5, 5.41) is 2.64. The lowest BCUT2D eigenvalue weighted by molar-refractivity contribution is -0.117. The molecule has 0 bridgehead atoms. The van der Waals surface area contributed by atoms with Gasteiger partial charge in [-0.25, -0.2) is 4.98 Å². The Morgan fingerprint density at radius 2 is 2.36 bits per heavy atom. The molecule has 0 unspecified atom stereocenters. The Hall–Kier alpha value is -1.62. The average molecular weight is 194 g/mol. The first-order chi connectivity index (χ1) is 6.63. The van der Waals surface area contributed by atoms with Gasteiger partial charge in [-0.3, -0.25) is 4.79 Å². The predicted octanol–water partition coefficient (Wildman–Crippen LogP) is 0.340. The van der Waals surface area contributed by atoms with Crippen LogP contribution in [0.15, 0.2) is 18.3 Å². The predicted molar refractivity (Wildman–Crippen MR) is 55.5 cm³/mol. The monoisotopic (exact) mass is 194 g/mol. The molecule has 0 aliphatic rings. The van der Waals surface area contributed by atoms with Gasteiger partial charge in [0.15, 0.2) is 0 Å². The molecule has 76 valence electrons. The van der Waals surface area contributed by atoms with Gasteiger partial charge in [0.25, 0.3) is 0 Å². The Morgan fingerprint density at radius 3 is 2.86 bits per heavy atom. The van der Waals surface area contributed by atoms with E-state index in [9.17, 15) is 4.79 Å². The van der Waals surface area contributed by atoms with Crippen molar-refractivity contribution < 1.29 is 4.79 Å². The molecule has 0 spiro atoms. The second kappa shape index (κ2) is 4.57. The van der Waals surface area contributed by atoms with E-state index in [1.54, 1.807) is 12.1 Å². The number of nitrogens with one attached hydrogen (secondary N) is 1. The Morgan fingerprint density at radius 1 is 1.64 bits per heavy atom. The highest BCUT2D eigenvalue weighted by atomic mass is 16.2. The number of nitrogens with two attached hydrogens (primary N) is 2. The minimum Gasteiger partial charge on any atom is -0.384 e. The molecular formula is C9H14N4O. The van der Waals surface area contributed by atoms with Crippen molar-refractivity contribution in [3.05, 3.63) is 18.3 Å². The number of nitrogen functional groups attached to an aromatic ring is 1. The highest BCUT2D eigenvalue weighted by Crippen LogP contribution is 2.07. The fourth-order valence-corrected chi connectivity index (χ4v) is 0.900. The fraction of sp³-hybridized carbons (Fsp3) is 0.333. The number of carbonyl (C=O) groups excluding carboxylic acids is 1. The summed E-state index contributed by atoms with van der Waals surface area (Å²) >= 11 is 0. The van der Waals surface area contributed by atoms with E-state index in [0.717, 1.165) is 0 Å². The van der Waals surface area contributed by atoms with E-state index < -0.39 is 6.04 Å². The summed E-state index contributed by atoms with van der Waals surface area (Å²) in [5.41, 5.74) is 11.5. The van der Waals surface area contributed by atoms with Crippen LogP contribution in [0.4, 0.5) is 11.5 Å². The standard InChI is InChI=1S/C9H14N4O/c1-2-7(10)9(14)13-6-3-4-8(11)12-5-6/h3-5,7H,2,10H2,1H3,(H2,11,12)(H,13,14)/t7-/m0/s1. The van der Waals surface area contributed by atoms with Gasteiger partial charge >= 0.3 is 0 Å². The molecule has 0 saturated heterocycles. The number of nitrogens with zero attached hydrogens (tertiary/aromatic N) is 1. The maximum atomic E-state index is 11.3. The molecule has 1 amide bonds. The Balaban J connectivity index is 2.60. The summed E-state index contributed by atoms with van der Waals surface area (Å²) in [7, 11) is 0. The van der Waals surface area contributed by atoms with Crippen LogP contribution in [0.2, 0.25) is 0 Å². The third-order valence-corrected chi connectivity index (χ3v) is 1.83. The first-order valence-corrected chi connectivity index (χ1v) is 4.41. The van der Waals surface area contributed by atoms with Crippen LogP contribution in [-0.4, -0.2) is 16.9 Å². The number of amides is 1. The quantitative estimate of drug-likeness (QED) is 0.646. The molecule has 5 nitrogen and oxygen atoms in total. The summed E-state index contributed by atoms with van der Waals surface area (Å²) in [5.74, 6) is 0.210. The highest BCUT2D eigenvalue weighted by Gasteiger charge is 2.10. The maximum Gasteiger partial charge on any atom is 0.241 e. The lowest BCUT2D eigenvalue weighted by Gasteiger charge is -2.09. The maximum absolute atomic E-state index is 11.3. The first kappa shape index (κ1) is 10.5. The van der Waals surface area contributed by atoms with Crippen molar-refractivity contribution in [1.82, 2.24) is 4.98 Å². The van der Waals surface area contributed by atoms with Gasteiger partial charge in [-0.15, -0.1) is 0 Å². The molecule has 0 aliphatic carbocycles. The fourth-order valence-electron chi connectivity index (χ4n) is 0.900. The molecule has 0 saturated carbocycles. The molecule has 1 atom stereocenters. The van der Waals surface area contributed by atoms with Crippen molar-refractivity contribution in [2.45, 2.75) is 19.4 Å². The van der Waals surface area contributed by atoms with E-state index in [2.05, 4.69) is 10.3 Å². The number of aromatic nitrogens is 1. The van der Waals surface area contributed by atoms with Gasteiger partial charge in [-0.2, -0.15) is 0 Å². The number of carbonyl (C=O) groups is 1. The molecule has 14 heavy (non-hydrogen) atoms. The van der Waals surface area contributed by atoms with Crippen LogP contribution in [0.1, 0.15) is 13.3 Å².